The van der Waals surface area contributed by atoms with Crippen LogP contribution in [0.2, 0.25) is 0 Å². The molecule has 3 amide bonds. The molecule has 4 aromatic rings. The highest BCUT2D eigenvalue weighted by Crippen LogP contribution is 2.26. The number of hydrogen-bond acceptors (Lipinski definition) is 7. The minimum atomic E-state index is -0.487. The summed E-state index contributed by atoms with van der Waals surface area (Å²) in [6, 6.07) is 16.6. The molecule has 1 aliphatic rings. The summed E-state index contributed by atoms with van der Waals surface area (Å²) in [6.45, 7) is 4.03. The second-order valence-corrected chi connectivity index (χ2v) is 8.83. The Kier molecular flexibility index (Phi) is 6.12. The molecular formula is C27H23N5O4. The molecule has 0 saturated heterocycles. The lowest BCUT2D eigenvalue weighted by molar-refractivity contribution is 0.0641. The Morgan fingerprint density at radius 3 is 2.19 bits per heavy atom. The number of aromatic nitrogens is 3. The zero-order valence-corrected chi connectivity index (χ0v) is 19.7. The maximum absolute atomic E-state index is 13.0. The Balaban J connectivity index is 1.27. The van der Waals surface area contributed by atoms with E-state index in [1.54, 1.807) is 73.1 Å². The second-order valence-electron chi connectivity index (χ2n) is 8.83. The molecule has 0 spiro atoms. The molecule has 0 fully saturated rings. The third-order valence-electron chi connectivity index (χ3n) is 6.03. The van der Waals surface area contributed by atoms with E-state index < -0.39 is 6.04 Å². The molecule has 9 nitrogen and oxygen atoms in total. The van der Waals surface area contributed by atoms with Crippen LogP contribution in [0.25, 0.3) is 11.4 Å². The van der Waals surface area contributed by atoms with Crippen LogP contribution in [-0.2, 0) is 6.54 Å². The molecule has 180 valence electrons. The van der Waals surface area contributed by atoms with Gasteiger partial charge in [-0.25, -0.2) is 0 Å². The molecule has 1 unspecified atom stereocenters. The third-order valence-corrected chi connectivity index (χ3v) is 6.03. The number of pyridine rings is 1. The summed E-state index contributed by atoms with van der Waals surface area (Å²) in [4.78, 5) is 47.9. The summed E-state index contributed by atoms with van der Waals surface area (Å²) in [5.41, 5.74) is 2.75. The van der Waals surface area contributed by atoms with Gasteiger partial charge in [0.25, 0.3) is 17.7 Å². The molecule has 1 atom stereocenters. The van der Waals surface area contributed by atoms with Crippen LogP contribution >= 0.6 is 0 Å². The molecule has 2 aromatic carbocycles. The Bertz CT molecular complexity index is 1400. The first-order valence-electron chi connectivity index (χ1n) is 11.5. The number of carbonyl (C=O) groups excluding carboxylic acids is 3. The second kappa shape index (κ2) is 9.53. The Morgan fingerprint density at radius 1 is 0.944 bits per heavy atom. The van der Waals surface area contributed by atoms with Gasteiger partial charge in [-0.15, -0.1) is 0 Å². The predicted octanol–water partition coefficient (Wildman–Crippen LogP) is 4.05. The van der Waals surface area contributed by atoms with E-state index in [4.69, 9.17) is 4.52 Å². The average Bonchev–Trinajstić information content (AvgIpc) is 3.48. The summed E-state index contributed by atoms with van der Waals surface area (Å²) in [7, 11) is 0. The molecule has 2 aromatic heterocycles. The highest BCUT2D eigenvalue weighted by Gasteiger charge is 2.35. The van der Waals surface area contributed by atoms with Crippen LogP contribution in [0.3, 0.4) is 0 Å². The number of imide groups is 1. The number of carbonyl (C=O) groups is 3. The number of nitrogens with zero attached hydrogens (tertiary/aromatic N) is 4. The molecule has 0 radical (unpaired) electrons. The van der Waals surface area contributed by atoms with E-state index in [0.29, 0.717) is 28.4 Å². The first-order chi connectivity index (χ1) is 17.4. The van der Waals surface area contributed by atoms with Crippen molar-refractivity contribution in [1.29, 1.82) is 0 Å². The number of benzene rings is 2. The van der Waals surface area contributed by atoms with Crippen molar-refractivity contribution in [3.05, 3.63) is 101 Å². The lowest BCUT2D eigenvalue weighted by Crippen LogP contribution is -2.32. The van der Waals surface area contributed by atoms with Gasteiger partial charge in [0.2, 0.25) is 11.7 Å². The van der Waals surface area contributed by atoms with Gasteiger partial charge in [-0.05, 0) is 47.9 Å². The van der Waals surface area contributed by atoms with E-state index in [2.05, 4.69) is 20.4 Å². The van der Waals surface area contributed by atoms with Crippen LogP contribution in [0, 0.1) is 5.92 Å². The van der Waals surface area contributed by atoms with Crippen molar-refractivity contribution in [2.45, 2.75) is 26.4 Å². The van der Waals surface area contributed by atoms with Gasteiger partial charge in [-0.2, -0.15) is 4.98 Å². The largest absolute Gasteiger partial charge is 0.340 e. The fourth-order valence-electron chi connectivity index (χ4n) is 4.04. The van der Waals surface area contributed by atoms with Crippen molar-refractivity contribution in [2.24, 2.45) is 5.92 Å². The molecular weight excluding hydrogens is 458 g/mol. The van der Waals surface area contributed by atoms with Gasteiger partial charge in [0.1, 0.15) is 6.04 Å². The zero-order valence-electron chi connectivity index (χ0n) is 19.7. The first kappa shape index (κ1) is 23.1. The molecule has 5 rings (SSSR count). The van der Waals surface area contributed by atoms with Crippen molar-refractivity contribution in [2.75, 3.05) is 0 Å². The Morgan fingerprint density at radius 2 is 1.58 bits per heavy atom. The van der Waals surface area contributed by atoms with Gasteiger partial charge in [0.15, 0.2) is 0 Å². The minimum absolute atomic E-state index is 0.00668. The summed E-state index contributed by atoms with van der Waals surface area (Å²) >= 11 is 0. The van der Waals surface area contributed by atoms with E-state index in [9.17, 15) is 14.4 Å². The fourth-order valence-corrected chi connectivity index (χ4v) is 4.04. The van der Waals surface area contributed by atoms with Gasteiger partial charge < -0.3 is 9.84 Å². The monoisotopic (exact) mass is 481 g/mol. The van der Waals surface area contributed by atoms with Crippen LogP contribution in [0.4, 0.5) is 0 Å². The van der Waals surface area contributed by atoms with E-state index in [1.165, 1.54) is 4.90 Å². The standard InChI is InChI=1S/C27H23N5O4/c1-16(2)22(25-30-23(31-36-25)18-11-13-28-14-12-18)29-24(33)19-9-7-17(8-10-19)15-32-26(34)20-5-3-4-6-21(20)27(32)35/h3-14,16,22H,15H2,1-2H3,(H,29,33). The molecule has 0 aliphatic carbocycles. The SMILES string of the molecule is CC(C)C(NC(=O)c1ccc(CN2C(=O)c3ccccc3C2=O)cc1)c1nc(-c2ccncc2)no1. The predicted molar refractivity (Wildman–Crippen MR) is 130 cm³/mol. The highest BCUT2D eigenvalue weighted by molar-refractivity contribution is 6.21. The Labute approximate surface area is 207 Å². The van der Waals surface area contributed by atoms with E-state index in [-0.39, 0.29) is 30.2 Å². The van der Waals surface area contributed by atoms with Gasteiger partial charge >= 0.3 is 0 Å². The number of nitrogens with one attached hydrogen (secondary N) is 1. The van der Waals surface area contributed by atoms with Crippen molar-refractivity contribution in [1.82, 2.24) is 25.3 Å². The van der Waals surface area contributed by atoms with Crippen molar-refractivity contribution in [3.63, 3.8) is 0 Å². The van der Waals surface area contributed by atoms with E-state index >= 15 is 0 Å². The van der Waals surface area contributed by atoms with E-state index in [0.717, 1.165) is 11.1 Å². The smallest absolute Gasteiger partial charge is 0.261 e. The van der Waals surface area contributed by atoms with E-state index in [1.807, 2.05) is 13.8 Å². The number of fused-ring (bicyclic) bond motifs is 1. The van der Waals surface area contributed by atoms with Gasteiger partial charge in [0.05, 0.1) is 17.7 Å². The van der Waals surface area contributed by atoms with Crippen LogP contribution in [0.1, 0.15) is 62.4 Å². The average molecular weight is 482 g/mol. The van der Waals surface area contributed by atoms with Gasteiger partial charge in [0, 0.05) is 23.5 Å². The normalized spacial score (nSPS) is 13.7. The molecule has 0 bridgehead atoms. The van der Waals surface area contributed by atoms with Crippen LogP contribution < -0.4 is 5.32 Å². The molecule has 3 heterocycles. The van der Waals surface area contributed by atoms with Crippen molar-refractivity contribution < 1.29 is 18.9 Å². The van der Waals surface area contributed by atoms with Crippen molar-refractivity contribution >= 4 is 17.7 Å². The summed E-state index contributed by atoms with van der Waals surface area (Å²) in [5.74, 6) is -0.208. The van der Waals surface area contributed by atoms with Crippen LogP contribution in [0.15, 0.2) is 77.6 Å². The fraction of sp³-hybridized carbons (Fsp3) is 0.185. The lowest BCUT2D eigenvalue weighted by Gasteiger charge is -2.19. The first-order valence-corrected chi connectivity index (χ1v) is 11.5. The molecule has 36 heavy (non-hydrogen) atoms. The quantitative estimate of drug-likeness (QED) is 0.396. The maximum atomic E-state index is 13.0. The maximum Gasteiger partial charge on any atom is 0.261 e. The summed E-state index contributed by atoms with van der Waals surface area (Å²) < 4.78 is 5.45. The number of rotatable bonds is 7. The summed E-state index contributed by atoms with van der Waals surface area (Å²) in [5, 5.41) is 7.00. The number of amides is 3. The highest BCUT2D eigenvalue weighted by atomic mass is 16.5. The topological polar surface area (TPSA) is 118 Å². The molecule has 9 heteroatoms. The van der Waals surface area contributed by atoms with Gasteiger partial charge in [-0.1, -0.05) is 43.3 Å². The van der Waals surface area contributed by atoms with Gasteiger partial charge in [-0.3, -0.25) is 24.3 Å². The Hall–Kier alpha value is -4.66. The number of hydrogen-bond donors (Lipinski definition) is 1. The molecule has 1 N–H and O–H groups in total. The summed E-state index contributed by atoms with van der Waals surface area (Å²) in [6.07, 6.45) is 3.29. The van der Waals surface area contributed by atoms with Crippen molar-refractivity contribution in [3.8, 4) is 11.4 Å². The minimum Gasteiger partial charge on any atom is -0.340 e. The molecule has 0 saturated carbocycles. The third kappa shape index (κ3) is 4.38. The zero-order chi connectivity index (χ0) is 25.2. The van der Waals surface area contributed by atoms with Crippen LogP contribution in [-0.4, -0.2) is 37.7 Å². The molecule has 1 aliphatic heterocycles. The lowest BCUT2D eigenvalue weighted by atomic mass is 10.0. The van der Waals surface area contributed by atoms with Crippen LogP contribution in [0.5, 0.6) is 0 Å².